The summed E-state index contributed by atoms with van der Waals surface area (Å²) < 4.78 is 5.46. The topological polar surface area (TPSA) is 35.9 Å². The Bertz CT molecular complexity index is 224. The smallest absolute Gasteiger partial charge is 0.0900 e. The zero-order valence-electron chi connectivity index (χ0n) is 12.4. The van der Waals surface area contributed by atoms with Crippen LogP contribution < -0.4 is 0 Å². The highest BCUT2D eigenvalue weighted by molar-refractivity contribution is 4.87. The lowest BCUT2D eigenvalue weighted by Gasteiger charge is -2.23. The van der Waals surface area contributed by atoms with Gasteiger partial charge in [-0.1, -0.05) is 20.3 Å². The maximum atomic E-state index is 9.94. The van der Waals surface area contributed by atoms with Crippen molar-refractivity contribution in [2.24, 2.45) is 5.92 Å². The highest BCUT2D eigenvalue weighted by atomic mass is 16.5. The van der Waals surface area contributed by atoms with E-state index >= 15 is 0 Å². The minimum absolute atomic E-state index is 0.352. The monoisotopic (exact) mass is 258 g/mol. The van der Waals surface area contributed by atoms with Crippen LogP contribution >= 0.6 is 0 Å². The fourth-order valence-corrected chi connectivity index (χ4v) is 2.69. The molecule has 4 heteroatoms. The molecule has 1 aliphatic heterocycles. The molecule has 1 saturated heterocycles. The van der Waals surface area contributed by atoms with Gasteiger partial charge in [-0.25, -0.2) is 0 Å². The van der Waals surface area contributed by atoms with Crippen molar-refractivity contribution in [3.8, 4) is 0 Å². The molecule has 0 radical (unpaired) electrons. The average molecular weight is 258 g/mol. The zero-order chi connectivity index (χ0) is 13.5. The predicted molar refractivity (Wildman–Crippen MR) is 74.8 cm³/mol. The summed E-state index contributed by atoms with van der Waals surface area (Å²) in [6.07, 6.45) is 1.87. The first kappa shape index (κ1) is 15.9. The lowest BCUT2D eigenvalue weighted by atomic mass is 10.1. The normalized spacial score (nSPS) is 27.0. The summed E-state index contributed by atoms with van der Waals surface area (Å²) in [6.45, 7) is 8.54. The van der Waals surface area contributed by atoms with E-state index in [1.807, 2.05) is 0 Å². The van der Waals surface area contributed by atoms with Gasteiger partial charge in [0.2, 0.25) is 0 Å². The van der Waals surface area contributed by atoms with Gasteiger partial charge in [-0.05, 0) is 26.4 Å². The summed E-state index contributed by atoms with van der Waals surface area (Å²) >= 11 is 0. The summed E-state index contributed by atoms with van der Waals surface area (Å²) in [5, 5.41) is 9.94. The second-order valence-corrected chi connectivity index (χ2v) is 5.81. The average Bonchev–Trinajstić information content (AvgIpc) is 2.66. The molecule has 0 aliphatic carbocycles. The Morgan fingerprint density at radius 3 is 2.67 bits per heavy atom. The van der Waals surface area contributed by atoms with Crippen LogP contribution in [0.25, 0.3) is 0 Å². The quantitative estimate of drug-likeness (QED) is 0.660. The molecule has 0 spiro atoms. The Hall–Kier alpha value is -0.160. The van der Waals surface area contributed by atoms with Crippen molar-refractivity contribution >= 4 is 0 Å². The van der Waals surface area contributed by atoms with Gasteiger partial charge in [0.15, 0.2) is 0 Å². The first-order chi connectivity index (χ1) is 8.54. The number of aliphatic hydroxyl groups excluding tert-OH is 1. The number of β-amino-alcohol motifs (C(OH)–C–C–N with tert-alkyl or cyclic N) is 1. The van der Waals surface area contributed by atoms with Crippen molar-refractivity contribution in [3.63, 3.8) is 0 Å². The van der Waals surface area contributed by atoms with Crippen molar-refractivity contribution in [3.05, 3.63) is 0 Å². The number of aliphatic hydroxyl groups is 1. The van der Waals surface area contributed by atoms with Gasteiger partial charge in [-0.2, -0.15) is 0 Å². The van der Waals surface area contributed by atoms with E-state index in [2.05, 4.69) is 37.7 Å². The van der Waals surface area contributed by atoms with Gasteiger partial charge in [0, 0.05) is 32.3 Å². The molecule has 4 nitrogen and oxygen atoms in total. The molecule has 108 valence electrons. The number of hydrogen-bond donors (Lipinski definition) is 1. The van der Waals surface area contributed by atoms with Crippen LogP contribution in [0.2, 0.25) is 0 Å². The van der Waals surface area contributed by atoms with Gasteiger partial charge in [0.05, 0.1) is 12.7 Å². The van der Waals surface area contributed by atoms with Gasteiger partial charge in [0.25, 0.3) is 0 Å². The number of unbranched alkanes of at least 4 members (excludes halogenated alkanes) is 1. The number of likely N-dealkylation sites (N-methyl/N-ethyl adjacent to an activating group) is 1. The lowest BCUT2D eigenvalue weighted by molar-refractivity contribution is 0.0185. The molecule has 0 aromatic heterocycles. The molecule has 0 aromatic carbocycles. The fourth-order valence-electron chi connectivity index (χ4n) is 2.69. The maximum Gasteiger partial charge on any atom is 0.0900 e. The van der Waals surface area contributed by atoms with Crippen molar-refractivity contribution < 1.29 is 9.84 Å². The minimum Gasteiger partial charge on any atom is -0.389 e. The van der Waals surface area contributed by atoms with Crippen molar-refractivity contribution in [1.82, 2.24) is 9.80 Å². The van der Waals surface area contributed by atoms with Crippen LogP contribution in [0.1, 0.15) is 26.7 Å². The van der Waals surface area contributed by atoms with Crippen LogP contribution in [0.15, 0.2) is 0 Å². The van der Waals surface area contributed by atoms with Gasteiger partial charge < -0.3 is 14.7 Å². The van der Waals surface area contributed by atoms with Crippen LogP contribution in [0.4, 0.5) is 0 Å². The summed E-state index contributed by atoms with van der Waals surface area (Å²) in [4.78, 5) is 4.64. The zero-order valence-corrected chi connectivity index (χ0v) is 12.4. The van der Waals surface area contributed by atoms with Crippen LogP contribution in [-0.2, 0) is 4.74 Å². The number of hydrogen-bond acceptors (Lipinski definition) is 4. The van der Waals surface area contributed by atoms with Crippen molar-refractivity contribution in [2.45, 2.75) is 38.8 Å². The summed E-state index contributed by atoms with van der Waals surface area (Å²) in [6, 6.07) is 0.609. The molecule has 1 N–H and O–H groups in total. The fraction of sp³-hybridized carbons (Fsp3) is 1.00. The Balaban J connectivity index is 2.19. The standard InChI is InChI=1S/C14H30N2O2/c1-5-6-7-18-11-13(17)9-16-8-12(2)14(10-16)15(3)4/h12-14,17H,5-11H2,1-4H3. The molecule has 1 rings (SSSR count). The third-order valence-electron chi connectivity index (χ3n) is 3.73. The first-order valence-corrected chi connectivity index (χ1v) is 7.19. The Kier molecular flexibility index (Phi) is 7.15. The van der Waals surface area contributed by atoms with Gasteiger partial charge in [-0.15, -0.1) is 0 Å². The summed E-state index contributed by atoms with van der Waals surface area (Å²) in [5.41, 5.74) is 0. The van der Waals surface area contributed by atoms with Gasteiger partial charge >= 0.3 is 0 Å². The molecule has 1 heterocycles. The van der Waals surface area contributed by atoms with E-state index in [0.29, 0.717) is 18.6 Å². The predicted octanol–water partition coefficient (Wildman–Crippen LogP) is 1.05. The van der Waals surface area contributed by atoms with Crippen LogP contribution in [0, 0.1) is 5.92 Å². The van der Waals surface area contributed by atoms with Crippen molar-refractivity contribution in [1.29, 1.82) is 0 Å². The van der Waals surface area contributed by atoms with Gasteiger partial charge in [-0.3, -0.25) is 4.90 Å². The first-order valence-electron chi connectivity index (χ1n) is 7.19. The van der Waals surface area contributed by atoms with Crippen molar-refractivity contribution in [2.75, 3.05) is 46.9 Å². The Labute approximate surface area is 112 Å². The third kappa shape index (κ3) is 5.22. The van der Waals surface area contributed by atoms with E-state index < -0.39 is 0 Å². The van der Waals surface area contributed by atoms with E-state index in [-0.39, 0.29) is 6.10 Å². The molecule has 0 aromatic rings. The Morgan fingerprint density at radius 1 is 1.39 bits per heavy atom. The molecule has 18 heavy (non-hydrogen) atoms. The second kappa shape index (κ2) is 8.10. The van der Waals surface area contributed by atoms with E-state index in [4.69, 9.17) is 4.74 Å². The maximum absolute atomic E-state index is 9.94. The molecule has 1 fully saturated rings. The summed E-state index contributed by atoms with van der Waals surface area (Å²) in [5.74, 6) is 0.674. The minimum atomic E-state index is -0.352. The highest BCUT2D eigenvalue weighted by Crippen LogP contribution is 2.19. The molecule has 1 aliphatic rings. The molecule has 0 amide bonds. The third-order valence-corrected chi connectivity index (χ3v) is 3.73. The van der Waals surface area contributed by atoms with Gasteiger partial charge in [0.1, 0.15) is 0 Å². The Morgan fingerprint density at radius 2 is 2.11 bits per heavy atom. The number of nitrogens with zero attached hydrogens (tertiary/aromatic N) is 2. The van der Waals surface area contributed by atoms with Crippen LogP contribution in [-0.4, -0.2) is 74.0 Å². The molecular weight excluding hydrogens is 228 g/mol. The lowest BCUT2D eigenvalue weighted by Crippen LogP contribution is -2.37. The number of ether oxygens (including phenoxy) is 1. The molecule has 3 atom stereocenters. The van der Waals surface area contributed by atoms with E-state index in [0.717, 1.165) is 39.1 Å². The highest BCUT2D eigenvalue weighted by Gasteiger charge is 2.31. The number of likely N-dealkylation sites (tertiary alicyclic amines) is 1. The van der Waals surface area contributed by atoms with E-state index in [9.17, 15) is 5.11 Å². The van der Waals surface area contributed by atoms with Crippen LogP contribution in [0.3, 0.4) is 0 Å². The molecule has 0 bridgehead atoms. The summed E-state index contributed by atoms with van der Waals surface area (Å²) in [7, 11) is 4.27. The molecule has 3 unspecified atom stereocenters. The second-order valence-electron chi connectivity index (χ2n) is 5.81. The van der Waals surface area contributed by atoms with E-state index in [1.54, 1.807) is 0 Å². The number of rotatable bonds is 8. The molecule has 0 saturated carbocycles. The SMILES string of the molecule is CCCCOCC(O)CN1CC(C)C(N(C)C)C1. The molecular formula is C14H30N2O2. The van der Waals surface area contributed by atoms with E-state index in [1.165, 1.54) is 0 Å². The largest absolute Gasteiger partial charge is 0.389 e. The van der Waals surface area contributed by atoms with Crippen LogP contribution in [0.5, 0.6) is 0 Å².